The van der Waals surface area contributed by atoms with Gasteiger partial charge in [0.25, 0.3) is 5.56 Å². The van der Waals surface area contributed by atoms with E-state index in [4.69, 9.17) is 4.74 Å². The molecule has 0 aliphatic rings. The Morgan fingerprint density at radius 2 is 2.08 bits per heavy atom. The van der Waals surface area contributed by atoms with Crippen LogP contribution in [0.5, 0.6) is 0 Å². The predicted molar refractivity (Wildman–Crippen MR) is 94.3 cm³/mol. The number of carbonyl (C=O) groups excluding carboxylic acids is 1. The molecule has 0 aliphatic heterocycles. The van der Waals surface area contributed by atoms with Crippen molar-refractivity contribution in [3.63, 3.8) is 0 Å². The molecule has 0 fully saturated rings. The van der Waals surface area contributed by atoms with E-state index in [0.717, 1.165) is 17.7 Å². The van der Waals surface area contributed by atoms with Crippen molar-refractivity contribution in [1.29, 1.82) is 0 Å². The largest absolute Gasteiger partial charge is 0.464 e. The van der Waals surface area contributed by atoms with Crippen LogP contribution >= 0.6 is 11.3 Å². The summed E-state index contributed by atoms with van der Waals surface area (Å²) in [5.41, 5.74) is 1.01. The van der Waals surface area contributed by atoms with Crippen LogP contribution in [0.2, 0.25) is 0 Å². The molecule has 3 aromatic rings. The maximum absolute atomic E-state index is 12.3. The third kappa shape index (κ3) is 3.89. The van der Waals surface area contributed by atoms with Crippen molar-refractivity contribution in [1.82, 2.24) is 9.55 Å². The van der Waals surface area contributed by atoms with Crippen LogP contribution in [-0.2, 0) is 22.5 Å². The Morgan fingerprint density at radius 3 is 2.88 bits per heavy atom. The Kier molecular flexibility index (Phi) is 5.05. The van der Waals surface area contributed by atoms with E-state index in [1.165, 1.54) is 27.8 Å². The van der Waals surface area contributed by atoms with E-state index < -0.39 is 5.97 Å². The Morgan fingerprint density at radius 1 is 1.29 bits per heavy atom. The van der Waals surface area contributed by atoms with Gasteiger partial charge in [-0.1, -0.05) is 30.3 Å². The minimum Gasteiger partial charge on any atom is -0.464 e. The SMILES string of the molecule is Cc1cc2c(=O)n(CC(=O)OCCCc3ccccc3)cnc2s1. The molecule has 0 spiro atoms. The zero-order valence-electron chi connectivity index (χ0n) is 13.4. The van der Waals surface area contributed by atoms with Gasteiger partial charge in [-0.15, -0.1) is 11.3 Å². The molecule has 6 heteroatoms. The fraction of sp³-hybridized carbons (Fsp3) is 0.278. The highest BCUT2D eigenvalue weighted by molar-refractivity contribution is 7.18. The number of benzene rings is 1. The zero-order valence-corrected chi connectivity index (χ0v) is 14.2. The molecule has 0 saturated heterocycles. The van der Waals surface area contributed by atoms with Crippen LogP contribution in [0.1, 0.15) is 16.9 Å². The Hall–Kier alpha value is -2.47. The predicted octanol–water partition coefficient (Wildman–Crippen LogP) is 2.94. The zero-order chi connectivity index (χ0) is 16.9. The van der Waals surface area contributed by atoms with E-state index >= 15 is 0 Å². The standard InChI is InChI=1S/C18H18N2O3S/c1-13-10-15-17(24-13)19-12-20(18(15)22)11-16(21)23-9-5-8-14-6-3-2-4-7-14/h2-4,6-7,10,12H,5,8-9,11H2,1H3. The molecular formula is C18H18N2O3S. The molecule has 0 amide bonds. The molecule has 0 saturated carbocycles. The molecule has 0 N–H and O–H groups in total. The monoisotopic (exact) mass is 342 g/mol. The second-order valence-electron chi connectivity index (χ2n) is 5.56. The van der Waals surface area contributed by atoms with Gasteiger partial charge in [0.2, 0.25) is 0 Å². The lowest BCUT2D eigenvalue weighted by molar-refractivity contribution is -0.144. The summed E-state index contributed by atoms with van der Waals surface area (Å²) in [5.74, 6) is -0.418. The summed E-state index contributed by atoms with van der Waals surface area (Å²) in [6.07, 6.45) is 3.02. The summed E-state index contributed by atoms with van der Waals surface area (Å²) in [6, 6.07) is 11.8. The summed E-state index contributed by atoms with van der Waals surface area (Å²) in [7, 11) is 0. The van der Waals surface area contributed by atoms with Gasteiger partial charge in [0.05, 0.1) is 18.3 Å². The molecule has 2 aromatic heterocycles. The number of nitrogens with zero attached hydrogens (tertiary/aromatic N) is 2. The number of carbonyl (C=O) groups is 1. The van der Waals surface area contributed by atoms with Crippen molar-refractivity contribution in [3.8, 4) is 0 Å². The van der Waals surface area contributed by atoms with Gasteiger partial charge in [0, 0.05) is 4.88 Å². The van der Waals surface area contributed by atoms with E-state index in [1.54, 1.807) is 6.07 Å². The maximum Gasteiger partial charge on any atom is 0.326 e. The third-order valence-electron chi connectivity index (χ3n) is 3.66. The number of hydrogen-bond acceptors (Lipinski definition) is 5. The summed E-state index contributed by atoms with van der Waals surface area (Å²) in [6.45, 7) is 2.16. The molecule has 0 radical (unpaired) electrons. The van der Waals surface area contributed by atoms with Crippen LogP contribution < -0.4 is 5.56 Å². The molecule has 0 atom stereocenters. The highest BCUT2D eigenvalue weighted by Gasteiger charge is 2.10. The molecule has 24 heavy (non-hydrogen) atoms. The lowest BCUT2D eigenvalue weighted by atomic mass is 10.1. The number of esters is 1. The Balaban J connectivity index is 1.53. The number of ether oxygens (including phenoxy) is 1. The average molecular weight is 342 g/mol. The molecule has 3 rings (SSSR count). The lowest BCUT2D eigenvalue weighted by Crippen LogP contribution is -2.25. The first-order valence-electron chi connectivity index (χ1n) is 7.78. The lowest BCUT2D eigenvalue weighted by Gasteiger charge is -2.07. The van der Waals surface area contributed by atoms with Crippen LogP contribution in [0.3, 0.4) is 0 Å². The van der Waals surface area contributed by atoms with Crippen molar-refractivity contribution >= 4 is 27.5 Å². The summed E-state index contributed by atoms with van der Waals surface area (Å²) < 4.78 is 6.52. The van der Waals surface area contributed by atoms with Gasteiger partial charge in [0.15, 0.2) is 0 Å². The number of rotatable bonds is 6. The van der Waals surface area contributed by atoms with Crippen LogP contribution in [0.4, 0.5) is 0 Å². The molecule has 0 aliphatic carbocycles. The minimum atomic E-state index is -0.418. The van der Waals surface area contributed by atoms with E-state index in [9.17, 15) is 9.59 Å². The average Bonchev–Trinajstić information content (AvgIpc) is 2.97. The number of fused-ring (bicyclic) bond motifs is 1. The van der Waals surface area contributed by atoms with E-state index in [2.05, 4.69) is 4.98 Å². The van der Waals surface area contributed by atoms with Crippen LogP contribution in [0.15, 0.2) is 47.5 Å². The van der Waals surface area contributed by atoms with Crippen molar-refractivity contribution in [2.75, 3.05) is 6.61 Å². The molecule has 2 heterocycles. The normalized spacial score (nSPS) is 10.9. The maximum atomic E-state index is 12.3. The highest BCUT2D eigenvalue weighted by atomic mass is 32.1. The Bertz CT molecular complexity index is 900. The first-order valence-corrected chi connectivity index (χ1v) is 8.60. The van der Waals surface area contributed by atoms with Gasteiger partial charge in [0.1, 0.15) is 11.4 Å². The van der Waals surface area contributed by atoms with Gasteiger partial charge in [-0.3, -0.25) is 14.2 Å². The summed E-state index contributed by atoms with van der Waals surface area (Å²) in [5, 5.41) is 0.553. The second kappa shape index (κ2) is 7.40. The van der Waals surface area contributed by atoms with Crippen LogP contribution in [0, 0.1) is 6.92 Å². The fourth-order valence-electron chi connectivity index (χ4n) is 2.48. The van der Waals surface area contributed by atoms with Gasteiger partial charge in [-0.05, 0) is 31.4 Å². The summed E-state index contributed by atoms with van der Waals surface area (Å²) >= 11 is 1.47. The quantitative estimate of drug-likeness (QED) is 0.510. The van der Waals surface area contributed by atoms with Crippen molar-refractivity contribution < 1.29 is 9.53 Å². The van der Waals surface area contributed by atoms with E-state index in [-0.39, 0.29) is 12.1 Å². The molecule has 5 nitrogen and oxygen atoms in total. The van der Waals surface area contributed by atoms with Crippen molar-refractivity contribution in [2.45, 2.75) is 26.3 Å². The van der Waals surface area contributed by atoms with Crippen LogP contribution in [0.25, 0.3) is 10.2 Å². The summed E-state index contributed by atoms with van der Waals surface area (Å²) in [4.78, 5) is 30.2. The number of aromatic nitrogens is 2. The van der Waals surface area contributed by atoms with Gasteiger partial charge < -0.3 is 4.74 Å². The number of thiophene rings is 1. The highest BCUT2D eigenvalue weighted by Crippen LogP contribution is 2.19. The smallest absolute Gasteiger partial charge is 0.326 e. The second-order valence-corrected chi connectivity index (χ2v) is 6.80. The third-order valence-corrected chi connectivity index (χ3v) is 4.61. The van der Waals surface area contributed by atoms with Crippen molar-refractivity contribution in [3.05, 3.63) is 63.5 Å². The molecular weight excluding hydrogens is 324 g/mol. The van der Waals surface area contributed by atoms with E-state index in [1.807, 2.05) is 37.3 Å². The van der Waals surface area contributed by atoms with Crippen LogP contribution in [-0.4, -0.2) is 22.1 Å². The first-order chi connectivity index (χ1) is 11.6. The first kappa shape index (κ1) is 16.4. The van der Waals surface area contributed by atoms with Gasteiger partial charge in [-0.2, -0.15) is 0 Å². The molecule has 0 bridgehead atoms. The van der Waals surface area contributed by atoms with Gasteiger partial charge in [-0.25, -0.2) is 4.98 Å². The Labute approximate surface area is 143 Å². The van der Waals surface area contributed by atoms with E-state index in [0.29, 0.717) is 16.8 Å². The van der Waals surface area contributed by atoms with Crippen molar-refractivity contribution in [2.24, 2.45) is 0 Å². The van der Waals surface area contributed by atoms with Gasteiger partial charge >= 0.3 is 5.97 Å². The fourth-order valence-corrected chi connectivity index (χ4v) is 3.32. The molecule has 1 aromatic carbocycles. The minimum absolute atomic E-state index is 0.109. The molecule has 0 unspecified atom stereocenters. The number of hydrogen-bond donors (Lipinski definition) is 0. The number of aryl methyl sites for hydroxylation is 2. The molecule has 124 valence electrons. The topological polar surface area (TPSA) is 61.2 Å².